The van der Waals surface area contributed by atoms with Gasteiger partial charge >= 0.3 is 6.03 Å². The van der Waals surface area contributed by atoms with Gasteiger partial charge in [-0.3, -0.25) is 4.90 Å². The third-order valence-corrected chi connectivity index (χ3v) is 8.17. The highest BCUT2D eigenvalue weighted by Gasteiger charge is 2.35. The van der Waals surface area contributed by atoms with Crippen molar-refractivity contribution >= 4 is 23.2 Å². The van der Waals surface area contributed by atoms with Crippen LogP contribution in [0, 0.1) is 5.92 Å². The average Bonchev–Trinajstić information content (AvgIpc) is 2.92. The summed E-state index contributed by atoms with van der Waals surface area (Å²) in [6, 6.07) is 8.91. The number of urea groups is 1. The van der Waals surface area contributed by atoms with Crippen LogP contribution in [0.2, 0.25) is 0 Å². The van der Waals surface area contributed by atoms with Crippen molar-refractivity contribution < 1.29 is 9.53 Å². The van der Waals surface area contributed by atoms with Crippen LogP contribution < -0.4 is 15.8 Å². The summed E-state index contributed by atoms with van der Waals surface area (Å²) < 4.78 is 6.13. The number of rotatable bonds is 6. The second-order valence-electron chi connectivity index (χ2n) is 11.3. The molecule has 38 heavy (non-hydrogen) atoms. The normalized spacial score (nSPS) is 23.2. The number of piperazine rings is 1. The van der Waals surface area contributed by atoms with E-state index >= 15 is 0 Å². The maximum Gasteiger partial charge on any atom is 0.317 e. The predicted octanol–water partition coefficient (Wildman–Crippen LogP) is 4.36. The van der Waals surface area contributed by atoms with Gasteiger partial charge in [0, 0.05) is 44.8 Å². The molecule has 0 radical (unpaired) electrons. The van der Waals surface area contributed by atoms with E-state index in [1.165, 1.54) is 37.6 Å². The molecular weight excluding hydrogens is 478 g/mol. The Labute approximate surface area is 225 Å². The molecule has 2 fully saturated rings. The number of anilines is 1. The molecule has 9 heteroatoms. The van der Waals surface area contributed by atoms with E-state index in [2.05, 4.69) is 51.4 Å². The zero-order valence-electron chi connectivity index (χ0n) is 22.9. The highest BCUT2D eigenvalue weighted by atomic mass is 16.5. The van der Waals surface area contributed by atoms with Crippen LogP contribution in [-0.4, -0.2) is 76.4 Å². The van der Waals surface area contributed by atoms with Gasteiger partial charge in [0.25, 0.3) is 0 Å². The van der Waals surface area contributed by atoms with Crippen LogP contribution in [0.5, 0.6) is 5.88 Å². The molecule has 2 amide bonds. The summed E-state index contributed by atoms with van der Waals surface area (Å²) in [7, 11) is 0. The molecule has 3 N–H and O–H groups in total. The van der Waals surface area contributed by atoms with Gasteiger partial charge in [0.15, 0.2) is 11.5 Å². The first kappa shape index (κ1) is 26.4. The number of carbonyl (C=O) groups is 1. The van der Waals surface area contributed by atoms with Gasteiger partial charge in [-0.2, -0.15) is 4.98 Å². The summed E-state index contributed by atoms with van der Waals surface area (Å²) in [5.74, 6) is 2.10. The number of hydrogen-bond donors (Lipinski definition) is 2. The predicted molar refractivity (Wildman–Crippen MR) is 150 cm³/mol. The Hall–Kier alpha value is -3.20. The molecule has 1 aliphatic carbocycles. The summed E-state index contributed by atoms with van der Waals surface area (Å²) in [5.41, 5.74) is 9.20. The topological polar surface area (TPSA) is 109 Å². The van der Waals surface area contributed by atoms with Crippen molar-refractivity contribution in [1.29, 1.82) is 0 Å². The highest BCUT2D eigenvalue weighted by molar-refractivity contribution is 6.09. The van der Waals surface area contributed by atoms with Crippen LogP contribution in [-0.2, 0) is 0 Å². The largest absolute Gasteiger partial charge is 0.463 e. The Kier molecular flexibility index (Phi) is 7.83. The van der Waals surface area contributed by atoms with E-state index in [9.17, 15) is 4.79 Å². The Balaban J connectivity index is 1.14. The van der Waals surface area contributed by atoms with Crippen LogP contribution in [0.15, 0.2) is 35.6 Å². The lowest BCUT2D eigenvalue weighted by atomic mass is 9.78. The third kappa shape index (κ3) is 5.77. The molecule has 1 saturated carbocycles. The quantitative estimate of drug-likeness (QED) is 0.587. The number of aromatic nitrogens is 2. The van der Waals surface area contributed by atoms with Gasteiger partial charge in [-0.15, -0.1) is 0 Å². The minimum Gasteiger partial charge on any atom is -0.463 e. The molecule has 0 atom stereocenters. The number of nitrogen functional groups attached to an aromatic ring is 1. The number of ether oxygens (including phenoxy) is 1. The third-order valence-electron chi connectivity index (χ3n) is 8.17. The molecule has 2 aromatic rings. The van der Waals surface area contributed by atoms with Crippen LogP contribution in [0.1, 0.15) is 69.9 Å². The molecule has 1 saturated heterocycles. The summed E-state index contributed by atoms with van der Waals surface area (Å²) >= 11 is 0. The number of nitrogens with one attached hydrogen (secondary N) is 1. The van der Waals surface area contributed by atoms with E-state index in [1.54, 1.807) is 0 Å². The average molecular weight is 520 g/mol. The summed E-state index contributed by atoms with van der Waals surface area (Å²) in [6.45, 7) is 11.6. The van der Waals surface area contributed by atoms with E-state index in [0.29, 0.717) is 23.3 Å². The molecule has 204 valence electrons. The molecule has 0 bridgehead atoms. The fourth-order valence-corrected chi connectivity index (χ4v) is 5.94. The maximum absolute atomic E-state index is 12.2. The first-order valence-electron chi connectivity index (χ1n) is 14.1. The lowest BCUT2D eigenvalue weighted by molar-refractivity contribution is 0.118. The number of hydrogen-bond acceptors (Lipinski definition) is 7. The molecule has 0 spiro atoms. The lowest BCUT2D eigenvalue weighted by Crippen LogP contribution is -2.52. The van der Waals surface area contributed by atoms with Crippen molar-refractivity contribution in [2.75, 3.05) is 45.0 Å². The van der Waals surface area contributed by atoms with Crippen LogP contribution >= 0.6 is 0 Å². The number of fused-ring (bicyclic) bond motifs is 1. The Bertz CT molecular complexity index is 1150. The van der Waals surface area contributed by atoms with Crippen LogP contribution in [0.4, 0.5) is 16.3 Å². The van der Waals surface area contributed by atoms with E-state index in [-0.39, 0.29) is 6.03 Å². The highest BCUT2D eigenvalue weighted by Crippen LogP contribution is 2.40. The van der Waals surface area contributed by atoms with Gasteiger partial charge in [0.05, 0.1) is 5.71 Å². The number of nitrogens with two attached hydrogens (primary N) is 1. The molecule has 9 nitrogen and oxygen atoms in total. The number of benzene rings is 1. The van der Waals surface area contributed by atoms with Crippen molar-refractivity contribution in [2.45, 2.75) is 64.4 Å². The Morgan fingerprint density at radius 1 is 1.08 bits per heavy atom. The number of amides is 2. The van der Waals surface area contributed by atoms with E-state index in [1.807, 2.05) is 18.7 Å². The molecule has 1 aromatic carbocycles. The van der Waals surface area contributed by atoms with E-state index < -0.39 is 5.60 Å². The zero-order chi connectivity index (χ0) is 26.7. The van der Waals surface area contributed by atoms with Crippen molar-refractivity contribution in [3.05, 3.63) is 41.7 Å². The number of nitrogens with zero attached hydrogens (tertiary/aromatic N) is 5. The minimum atomic E-state index is -0.613. The van der Waals surface area contributed by atoms with Crippen molar-refractivity contribution in [1.82, 2.24) is 25.1 Å². The maximum atomic E-state index is 12.2. The first-order valence-corrected chi connectivity index (χ1v) is 14.1. The van der Waals surface area contributed by atoms with Gasteiger partial charge in [-0.05, 0) is 63.4 Å². The van der Waals surface area contributed by atoms with Crippen molar-refractivity contribution in [3.8, 4) is 5.88 Å². The van der Waals surface area contributed by atoms with Crippen molar-refractivity contribution in [3.63, 3.8) is 0 Å². The van der Waals surface area contributed by atoms with E-state index in [0.717, 1.165) is 62.9 Å². The van der Waals surface area contributed by atoms with Crippen LogP contribution in [0.25, 0.3) is 0 Å². The first-order chi connectivity index (χ1) is 18.3. The lowest BCUT2D eigenvalue weighted by Gasteiger charge is -2.38. The van der Waals surface area contributed by atoms with Gasteiger partial charge in [-0.1, -0.05) is 31.2 Å². The summed E-state index contributed by atoms with van der Waals surface area (Å²) in [5, 5.41) is 3.00. The molecule has 5 rings (SSSR count). The monoisotopic (exact) mass is 519 g/mol. The summed E-state index contributed by atoms with van der Waals surface area (Å²) in [4.78, 5) is 29.8. The fraction of sp³-hybridized carbons (Fsp3) is 0.586. The SMILES string of the molecule is CCCNC(=O)N1CCN(C[C@H]2CC[C@H](c3ccc(C4=Nc5c(N)ncnc5OC4(C)C)cc3)CC2)CC1. The second-order valence-corrected chi connectivity index (χ2v) is 11.3. The van der Waals surface area contributed by atoms with Gasteiger partial charge in [-0.25, -0.2) is 14.8 Å². The summed E-state index contributed by atoms with van der Waals surface area (Å²) in [6.07, 6.45) is 7.34. The van der Waals surface area contributed by atoms with Gasteiger partial charge in [0.1, 0.15) is 11.9 Å². The molecule has 2 aliphatic heterocycles. The number of aliphatic imine (C=N–C) groups is 1. The standard InChI is InChI=1S/C29H41N7O2/c1-4-13-31-28(37)36-16-14-35(15-17-36)18-20-5-7-21(8-6-20)22-9-11-23(12-10-22)25-29(2,3)38-27-24(34-25)26(30)32-19-33-27/h9-12,19-21H,4-8,13-18H2,1-3H3,(H,31,37)(H2,30,32,33)/t20-,21-. The zero-order valence-corrected chi connectivity index (χ0v) is 22.9. The van der Waals surface area contributed by atoms with Gasteiger partial charge in [0.2, 0.25) is 5.88 Å². The second kappa shape index (κ2) is 11.3. The number of carbonyl (C=O) groups excluding carboxylic acids is 1. The molecule has 0 unspecified atom stereocenters. The molecule has 3 aliphatic rings. The molecule has 3 heterocycles. The van der Waals surface area contributed by atoms with Crippen molar-refractivity contribution in [2.24, 2.45) is 10.9 Å². The smallest absolute Gasteiger partial charge is 0.317 e. The Morgan fingerprint density at radius 2 is 1.79 bits per heavy atom. The molecule has 1 aromatic heterocycles. The van der Waals surface area contributed by atoms with Crippen LogP contribution in [0.3, 0.4) is 0 Å². The van der Waals surface area contributed by atoms with E-state index in [4.69, 9.17) is 15.5 Å². The fourth-order valence-electron chi connectivity index (χ4n) is 5.94. The van der Waals surface area contributed by atoms with Gasteiger partial charge < -0.3 is 20.7 Å². The molecular formula is C29H41N7O2. The Morgan fingerprint density at radius 3 is 2.47 bits per heavy atom. The minimum absolute atomic E-state index is 0.0904.